The molecule has 2 amide bonds. The van der Waals surface area contributed by atoms with E-state index in [0.29, 0.717) is 22.9 Å². The van der Waals surface area contributed by atoms with E-state index in [1.807, 2.05) is 47.1 Å². The molecule has 0 spiro atoms. The van der Waals surface area contributed by atoms with Crippen LogP contribution < -0.4 is 24.8 Å². The molecule has 0 aliphatic carbocycles. The van der Waals surface area contributed by atoms with Crippen LogP contribution in [-0.2, 0) is 4.79 Å². The van der Waals surface area contributed by atoms with E-state index in [-0.39, 0.29) is 11.5 Å². The molecule has 180 valence electrons. The number of imidazole rings is 1. The molecule has 0 fully saturated rings. The van der Waals surface area contributed by atoms with Crippen molar-refractivity contribution in [3.05, 3.63) is 72.6 Å². The third kappa shape index (κ3) is 5.03. The van der Waals surface area contributed by atoms with E-state index in [0.717, 1.165) is 16.9 Å². The number of nitrogens with one attached hydrogen (secondary N) is 2. The van der Waals surface area contributed by atoms with Crippen LogP contribution in [0.4, 0.5) is 5.69 Å². The number of methoxy groups -OCH3 is 3. The van der Waals surface area contributed by atoms with Gasteiger partial charge in [0, 0.05) is 29.2 Å². The summed E-state index contributed by atoms with van der Waals surface area (Å²) in [6, 6.07) is 15.4. The fourth-order valence-electron chi connectivity index (χ4n) is 3.61. The normalized spacial score (nSPS) is 11.5. The topological polar surface area (TPSA) is 103 Å². The molecule has 0 saturated heterocycles. The molecule has 2 aromatic carbocycles. The summed E-state index contributed by atoms with van der Waals surface area (Å²) in [6.07, 6.45) is 3.89. The van der Waals surface area contributed by atoms with E-state index in [1.54, 1.807) is 19.1 Å². The van der Waals surface area contributed by atoms with Gasteiger partial charge in [-0.1, -0.05) is 18.2 Å². The van der Waals surface area contributed by atoms with E-state index in [1.165, 1.54) is 33.5 Å². The lowest BCUT2D eigenvalue weighted by Crippen LogP contribution is -2.41. The van der Waals surface area contributed by atoms with Crippen LogP contribution in [0.5, 0.6) is 17.2 Å². The Bertz CT molecular complexity index is 1310. The zero-order chi connectivity index (χ0) is 24.9. The fourth-order valence-corrected chi connectivity index (χ4v) is 3.61. The number of ether oxygens (including phenoxy) is 3. The Kier molecular flexibility index (Phi) is 6.86. The van der Waals surface area contributed by atoms with Crippen molar-refractivity contribution >= 4 is 23.1 Å². The second-order valence-electron chi connectivity index (χ2n) is 7.77. The number of hydrogen-bond donors (Lipinski definition) is 2. The van der Waals surface area contributed by atoms with Crippen molar-refractivity contribution in [2.24, 2.45) is 0 Å². The van der Waals surface area contributed by atoms with Crippen LogP contribution in [0.1, 0.15) is 17.3 Å². The van der Waals surface area contributed by atoms with Crippen molar-refractivity contribution in [2.75, 3.05) is 26.6 Å². The molecule has 4 aromatic rings. The number of fused-ring (bicyclic) bond motifs is 1. The Hall–Kier alpha value is -4.53. The lowest BCUT2D eigenvalue weighted by Gasteiger charge is -2.17. The van der Waals surface area contributed by atoms with Crippen LogP contribution in [0.3, 0.4) is 0 Å². The zero-order valence-corrected chi connectivity index (χ0v) is 19.9. The van der Waals surface area contributed by atoms with E-state index in [4.69, 9.17) is 14.2 Å². The molecule has 0 bridgehead atoms. The van der Waals surface area contributed by atoms with Gasteiger partial charge in [-0.05, 0) is 43.3 Å². The second-order valence-corrected chi connectivity index (χ2v) is 7.77. The second kappa shape index (κ2) is 10.2. The summed E-state index contributed by atoms with van der Waals surface area (Å²) in [7, 11) is 4.42. The van der Waals surface area contributed by atoms with Crippen LogP contribution >= 0.6 is 0 Å². The first-order valence-electron chi connectivity index (χ1n) is 10.9. The Morgan fingerprint density at radius 1 is 0.943 bits per heavy atom. The van der Waals surface area contributed by atoms with Crippen molar-refractivity contribution in [3.63, 3.8) is 0 Å². The molecule has 0 saturated carbocycles. The van der Waals surface area contributed by atoms with Gasteiger partial charge in [-0.3, -0.25) is 9.59 Å². The zero-order valence-electron chi connectivity index (χ0n) is 19.9. The summed E-state index contributed by atoms with van der Waals surface area (Å²) >= 11 is 0. The highest BCUT2D eigenvalue weighted by atomic mass is 16.5. The Morgan fingerprint density at radius 2 is 1.63 bits per heavy atom. The smallest absolute Gasteiger partial charge is 0.252 e. The number of aromatic nitrogens is 2. The summed E-state index contributed by atoms with van der Waals surface area (Å²) in [5, 5.41) is 5.51. The molecule has 2 aromatic heterocycles. The van der Waals surface area contributed by atoms with Crippen LogP contribution in [0.15, 0.2) is 67.0 Å². The number of benzene rings is 2. The average molecular weight is 475 g/mol. The predicted molar refractivity (Wildman–Crippen MR) is 132 cm³/mol. The number of amides is 2. The van der Waals surface area contributed by atoms with Crippen molar-refractivity contribution in [3.8, 4) is 28.5 Å². The average Bonchev–Trinajstić information content (AvgIpc) is 3.32. The molecule has 0 aliphatic rings. The van der Waals surface area contributed by atoms with Crippen molar-refractivity contribution < 1.29 is 23.8 Å². The molecular weight excluding hydrogens is 448 g/mol. The molecule has 9 nitrogen and oxygen atoms in total. The molecule has 1 atom stereocenters. The molecule has 35 heavy (non-hydrogen) atoms. The number of rotatable bonds is 8. The number of pyridine rings is 1. The van der Waals surface area contributed by atoms with Crippen molar-refractivity contribution in [1.82, 2.24) is 14.7 Å². The summed E-state index contributed by atoms with van der Waals surface area (Å²) in [4.78, 5) is 30.1. The quantitative estimate of drug-likeness (QED) is 0.403. The Balaban J connectivity index is 1.41. The van der Waals surface area contributed by atoms with Gasteiger partial charge in [0.2, 0.25) is 11.7 Å². The van der Waals surface area contributed by atoms with Gasteiger partial charge in [-0.2, -0.15) is 0 Å². The number of nitrogens with zero attached hydrogens (tertiary/aromatic N) is 2. The molecule has 0 radical (unpaired) electrons. The predicted octanol–water partition coefficient (Wildman–Crippen LogP) is 3.78. The van der Waals surface area contributed by atoms with Gasteiger partial charge >= 0.3 is 0 Å². The minimum atomic E-state index is -0.792. The van der Waals surface area contributed by atoms with Gasteiger partial charge in [-0.25, -0.2) is 4.98 Å². The van der Waals surface area contributed by atoms with Gasteiger partial charge in [0.1, 0.15) is 11.7 Å². The largest absolute Gasteiger partial charge is 0.493 e. The minimum absolute atomic E-state index is 0.274. The van der Waals surface area contributed by atoms with Gasteiger partial charge in [0.05, 0.1) is 27.0 Å². The standard InChI is InChI=1S/C26H26N4O5/c1-16(27-26(32)18-13-21(33-2)24(35-4)22(14-18)34-3)25(31)28-19-10-8-17(9-11-19)20-15-30-12-6-5-7-23(30)29-20/h5-16H,1-4H3,(H,27,32)(H,28,31)/t16-/m1/s1. The van der Waals surface area contributed by atoms with Crippen molar-refractivity contribution in [1.29, 1.82) is 0 Å². The maximum atomic E-state index is 12.8. The highest BCUT2D eigenvalue weighted by molar-refractivity contribution is 6.01. The molecule has 2 heterocycles. The van der Waals surface area contributed by atoms with Gasteiger partial charge in [-0.15, -0.1) is 0 Å². The maximum Gasteiger partial charge on any atom is 0.252 e. The summed E-state index contributed by atoms with van der Waals surface area (Å²) < 4.78 is 17.8. The van der Waals surface area contributed by atoms with Crippen LogP contribution in [0, 0.1) is 0 Å². The molecule has 0 aliphatic heterocycles. The molecular formula is C26H26N4O5. The van der Waals surface area contributed by atoms with Crippen LogP contribution in [0.25, 0.3) is 16.9 Å². The third-order valence-corrected chi connectivity index (χ3v) is 5.48. The van der Waals surface area contributed by atoms with E-state index in [9.17, 15) is 9.59 Å². The molecule has 9 heteroatoms. The van der Waals surface area contributed by atoms with Gasteiger partial charge < -0.3 is 29.2 Å². The third-order valence-electron chi connectivity index (χ3n) is 5.48. The Morgan fingerprint density at radius 3 is 2.23 bits per heavy atom. The van der Waals surface area contributed by atoms with Crippen LogP contribution in [-0.4, -0.2) is 48.6 Å². The van der Waals surface area contributed by atoms with E-state index >= 15 is 0 Å². The first-order chi connectivity index (χ1) is 16.9. The monoisotopic (exact) mass is 474 g/mol. The lowest BCUT2D eigenvalue weighted by molar-refractivity contribution is -0.117. The molecule has 0 unspecified atom stereocenters. The molecule has 2 N–H and O–H groups in total. The fraction of sp³-hybridized carbons (Fsp3) is 0.192. The minimum Gasteiger partial charge on any atom is -0.493 e. The van der Waals surface area contributed by atoms with Crippen LogP contribution in [0.2, 0.25) is 0 Å². The SMILES string of the molecule is COc1cc(C(=O)N[C@H](C)C(=O)Nc2ccc(-c3cn4ccccc4n3)cc2)cc(OC)c1OC. The maximum absolute atomic E-state index is 12.8. The number of carbonyl (C=O) groups excluding carboxylic acids is 2. The number of carbonyl (C=O) groups is 2. The Labute approximate surface area is 202 Å². The van der Waals surface area contributed by atoms with E-state index < -0.39 is 11.9 Å². The highest BCUT2D eigenvalue weighted by Crippen LogP contribution is 2.38. The summed E-state index contributed by atoms with van der Waals surface area (Å²) in [5.41, 5.74) is 3.50. The van der Waals surface area contributed by atoms with E-state index in [2.05, 4.69) is 15.6 Å². The van der Waals surface area contributed by atoms with Crippen molar-refractivity contribution in [2.45, 2.75) is 13.0 Å². The summed E-state index contributed by atoms with van der Waals surface area (Å²) in [5.74, 6) is 0.268. The summed E-state index contributed by atoms with van der Waals surface area (Å²) in [6.45, 7) is 1.61. The van der Waals surface area contributed by atoms with Gasteiger partial charge in [0.15, 0.2) is 11.5 Å². The first kappa shape index (κ1) is 23.6. The van der Waals surface area contributed by atoms with Gasteiger partial charge in [0.25, 0.3) is 5.91 Å². The number of anilines is 1. The first-order valence-corrected chi connectivity index (χ1v) is 10.9. The lowest BCUT2D eigenvalue weighted by atomic mass is 10.1. The highest BCUT2D eigenvalue weighted by Gasteiger charge is 2.21. The number of hydrogen-bond acceptors (Lipinski definition) is 6. The molecule has 4 rings (SSSR count).